The van der Waals surface area contributed by atoms with Crippen molar-refractivity contribution in [2.75, 3.05) is 13.2 Å². The Morgan fingerprint density at radius 1 is 1.12 bits per heavy atom. The van der Waals surface area contributed by atoms with Crippen LogP contribution in [0.5, 0.6) is 0 Å². The highest BCUT2D eigenvalue weighted by Crippen LogP contribution is 2.25. The van der Waals surface area contributed by atoms with Crippen LogP contribution in [-0.2, 0) is 4.74 Å². The highest BCUT2D eigenvalue weighted by atomic mass is 16.5. The smallest absolute Gasteiger partial charge is 0.0575 e. The average Bonchev–Trinajstić information content (AvgIpc) is 2.34. The summed E-state index contributed by atoms with van der Waals surface area (Å²) in [5.74, 6) is 0.535. The fraction of sp³-hybridized carbons (Fsp3) is 0.857. The minimum atomic E-state index is 0.355. The van der Waals surface area contributed by atoms with Crippen molar-refractivity contribution in [1.29, 1.82) is 0 Å². The first-order valence-electron chi connectivity index (χ1n) is 6.70. The Labute approximate surface area is 99.7 Å². The zero-order chi connectivity index (χ0) is 11.6. The number of aliphatic hydroxyl groups is 1. The van der Waals surface area contributed by atoms with Crippen molar-refractivity contribution < 1.29 is 9.84 Å². The molecule has 2 heteroatoms. The molecule has 1 fully saturated rings. The Morgan fingerprint density at radius 3 is 2.50 bits per heavy atom. The Balaban J connectivity index is 1.92. The summed E-state index contributed by atoms with van der Waals surface area (Å²) >= 11 is 0. The average molecular weight is 226 g/mol. The lowest BCUT2D eigenvalue weighted by molar-refractivity contribution is 0.00969. The molecule has 1 saturated carbocycles. The van der Waals surface area contributed by atoms with E-state index in [9.17, 15) is 0 Å². The highest BCUT2D eigenvalue weighted by Gasteiger charge is 2.20. The number of aliphatic hydroxyl groups excluding tert-OH is 1. The molecule has 0 aromatic heterocycles. The van der Waals surface area contributed by atoms with E-state index in [0.717, 1.165) is 38.7 Å². The third kappa shape index (κ3) is 5.66. The molecule has 0 saturated heterocycles. The zero-order valence-electron chi connectivity index (χ0n) is 10.4. The fourth-order valence-electron chi connectivity index (χ4n) is 2.30. The van der Waals surface area contributed by atoms with Crippen molar-refractivity contribution in [3.8, 4) is 0 Å². The monoisotopic (exact) mass is 226 g/mol. The number of hydrogen-bond donors (Lipinski definition) is 1. The molecule has 2 nitrogen and oxygen atoms in total. The molecule has 0 spiro atoms. The van der Waals surface area contributed by atoms with Gasteiger partial charge < -0.3 is 9.84 Å². The van der Waals surface area contributed by atoms with E-state index in [2.05, 4.69) is 6.58 Å². The molecule has 0 aromatic carbocycles. The first-order chi connectivity index (χ1) is 7.86. The van der Waals surface area contributed by atoms with Crippen molar-refractivity contribution in [1.82, 2.24) is 0 Å². The number of hydrogen-bond acceptors (Lipinski definition) is 2. The van der Waals surface area contributed by atoms with Gasteiger partial charge in [0.1, 0.15) is 0 Å². The van der Waals surface area contributed by atoms with Crippen LogP contribution < -0.4 is 0 Å². The second-order valence-electron chi connectivity index (χ2n) is 4.83. The molecular weight excluding hydrogens is 200 g/mol. The van der Waals surface area contributed by atoms with Gasteiger partial charge in [0.25, 0.3) is 0 Å². The topological polar surface area (TPSA) is 29.5 Å². The summed E-state index contributed by atoms with van der Waals surface area (Å²) in [6.45, 7) is 4.98. The lowest BCUT2D eigenvalue weighted by Crippen LogP contribution is -2.23. The lowest BCUT2D eigenvalue weighted by atomic mass is 9.88. The molecule has 0 aromatic rings. The van der Waals surface area contributed by atoms with Crippen molar-refractivity contribution >= 4 is 0 Å². The van der Waals surface area contributed by atoms with Gasteiger partial charge in [-0.25, -0.2) is 0 Å². The molecule has 0 atom stereocenters. The summed E-state index contributed by atoms with van der Waals surface area (Å²) in [6.07, 6.45) is 11.8. The first kappa shape index (κ1) is 13.7. The highest BCUT2D eigenvalue weighted by molar-refractivity contribution is 4.72. The maximum atomic E-state index is 9.02. The maximum Gasteiger partial charge on any atom is 0.0575 e. The second-order valence-corrected chi connectivity index (χ2v) is 4.83. The second kappa shape index (κ2) is 8.77. The van der Waals surface area contributed by atoms with Gasteiger partial charge in [0.15, 0.2) is 0 Å². The van der Waals surface area contributed by atoms with Crippen molar-refractivity contribution in [3.05, 3.63) is 12.7 Å². The minimum Gasteiger partial charge on any atom is -0.396 e. The molecule has 1 rings (SSSR count). The molecule has 16 heavy (non-hydrogen) atoms. The molecule has 1 N–H and O–H groups in total. The van der Waals surface area contributed by atoms with Gasteiger partial charge in [0, 0.05) is 13.2 Å². The van der Waals surface area contributed by atoms with Crippen LogP contribution in [0.25, 0.3) is 0 Å². The van der Waals surface area contributed by atoms with Crippen LogP contribution >= 0.6 is 0 Å². The molecule has 94 valence electrons. The molecule has 0 unspecified atom stereocenters. The molecule has 1 aliphatic carbocycles. The molecule has 0 radical (unpaired) electrons. The van der Waals surface area contributed by atoms with E-state index in [0.29, 0.717) is 18.6 Å². The van der Waals surface area contributed by atoms with E-state index in [-0.39, 0.29) is 0 Å². The molecular formula is C14H26O2. The van der Waals surface area contributed by atoms with Gasteiger partial charge in [-0.1, -0.05) is 12.5 Å². The van der Waals surface area contributed by atoms with E-state index in [1.165, 1.54) is 19.3 Å². The zero-order valence-corrected chi connectivity index (χ0v) is 10.4. The normalized spacial score (nSPS) is 25.6. The van der Waals surface area contributed by atoms with Gasteiger partial charge >= 0.3 is 0 Å². The molecule has 0 aliphatic heterocycles. The van der Waals surface area contributed by atoms with E-state index in [1.54, 1.807) is 0 Å². The molecule has 0 amide bonds. The summed E-state index contributed by atoms with van der Waals surface area (Å²) < 4.78 is 5.85. The number of unbranched alkanes of at least 4 members (excludes halogenated alkanes) is 3. The summed E-state index contributed by atoms with van der Waals surface area (Å²) in [7, 11) is 0. The van der Waals surface area contributed by atoms with Gasteiger partial charge in [0.2, 0.25) is 0 Å². The summed E-state index contributed by atoms with van der Waals surface area (Å²) in [6, 6.07) is 0. The quantitative estimate of drug-likeness (QED) is 0.508. The lowest BCUT2D eigenvalue weighted by Gasteiger charge is -2.27. The van der Waals surface area contributed by atoms with Crippen LogP contribution in [0.3, 0.4) is 0 Å². The van der Waals surface area contributed by atoms with Crippen LogP contribution in [0.15, 0.2) is 12.7 Å². The van der Waals surface area contributed by atoms with Crippen LogP contribution in [0, 0.1) is 5.92 Å². The van der Waals surface area contributed by atoms with Crippen LogP contribution in [-0.4, -0.2) is 24.4 Å². The minimum absolute atomic E-state index is 0.355. The van der Waals surface area contributed by atoms with Gasteiger partial charge in [0.05, 0.1) is 6.10 Å². The van der Waals surface area contributed by atoms with Crippen molar-refractivity contribution in [2.45, 2.75) is 57.5 Å². The number of allylic oxidation sites excluding steroid dienone is 1. The number of ether oxygens (including phenoxy) is 1. The Kier molecular flexibility index (Phi) is 7.52. The van der Waals surface area contributed by atoms with E-state index >= 15 is 0 Å². The third-order valence-corrected chi connectivity index (χ3v) is 3.46. The first-order valence-corrected chi connectivity index (χ1v) is 6.70. The van der Waals surface area contributed by atoms with E-state index in [4.69, 9.17) is 9.84 Å². The number of rotatable bonds is 8. The maximum absolute atomic E-state index is 9.02. The molecule has 0 bridgehead atoms. The van der Waals surface area contributed by atoms with Crippen molar-refractivity contribution in [2.24, 2.45) is 5.92 Å². The Bertz CT molecular complexity index is 172. The predicted molar refractivity (Wildman–Crippen MR) is 67.4 cm³/mol. The Morgan fingerprint density at radius 2 is 1.88 bits per heavy atom. The molecule has 0 heterocycles. The van der Waals surface area contributed by atoms with Gasteiger partial charge in [-0.2, -0.15) is 0 Å². The fourth-order valence-corrected chi connectivity index (χ4v) is 2.30. The van der Waals surface area contributed by atoms with Gasteiger partial charge in [-0.3, -0.25) is 0 Å². The molecule has 1 aliphatic rings. The summed E-state index contributed by atoms with van der Waals surface area (Å²) in [5.41, 5.74) is 0. The van der Waals surface area contributed by atoms with Crippen molar-refractivity contribution in [3.63, 3.8) is 0 Å². The SMILES string of the molecule is C=CCCCCCOC1CCC(CO)CC1. The predicted octanol–water partition coefficient (Wildman–Crippen LogP) is 3.30. The van der Waals surface area contributed by atoms with Crippen LogP contribution in [0.1, 0.15) is 51.4 Å². The van der Waals surface area contributed by atoms with E-state index in [1.807, 2.05) is 6.08 Å². The summed E-state index contributed by atoms with van der Waals surface area (Å²) in [5, 5.41) is 9.02. The van der Waals surface area contributed by atoms with E-state index < -0.39 is 0 Å². The van der Waals surface area contributed by atoms with Crippen LogP contribution in [0.2, 0.25) is 0 Å². The van der Waals surface area contributed by atoms with Gasteiger partial charge in [-0.15, -0.1) is 6.58 Å². The van der Waals surface area contributed by atoms with Gasteiger partial charge in [-0.05, 0) is 50.9 Å². The van der Waals surface area contributed by atoms with Crippen LogP contribution in [0.4, 0.5) is 0 Å². The summed E-state index contributed by atoms with van der Waals surface area (Å²) in [4.78, 5) is 0. The Hall–Kier alpha value is -0.340. The standard InChI is InChI=1S/C14H26O2/c1-2-3-4-5-6-11-16-14-9-7-13(12-15)8-10-14/h2,13-15H,1,3-12H2. The third-order valence-electron chi connectivity index (χ3n) is 3.46. The largest absolute Gasteiger partial charge is 0.396 e.